The lowest BCUT2D eigenvalue weighted by molar-refractivity contribution is -0.386. The van der Waals surface area contributed by atoms with Crippen LogP contribution in [0.15, 0.2) is 70.7 Å². The minimum atomic E-state index is -0.650. The Bertz CT molecular complexity index is 1350. The number of nitrogens with one attached hydrogen (secondary N) is 1. The highest BCUT2D eigenvalue weighted by atomic mass is 79.9. The normalized spacial score (nSPS) is 14.4. The van der Waals surface area contributed by atoms with Gasteiger partial charge in [0, 0.05) is 31.7 Å². The van der Waals surface area contributed by atoms with Gasteiger partial charge in [-0.1, -0.05) is 63.4 Å². The van der Waals surface area contributed by atoms with Crippen molar-refractivity contribution in [3.05, 3.63) is 102 Å². The standard InChI is InChI=1S/C23H14BrCl2N3O5/c24-15-8-14(9-18-22(30)27-28(23(18)31)17-4-2-1-3-5-17)21(20(10-15)29(32)33)34-12-13-6-7-16(25)11-19(13)26/h1-11H,12H2,(H,27,30)/b18-9-. The molecule has 1 aliphatic heterocycles. The molecule has 11 heteroatoms. The number of nitrogens with zero attached hydrogens (tertiary/aromatic N) is 2. The number of anilines is 1. The molecule has 1 fully saturated rings. The first kappa shape index (κ1) is 23.7. The molecule has 8 nitrogen and oxygen atoms in total. The van der Waals surface area contributed by atoms with Crippen LogP contribution in [0.3, 0.4) is 0 Å². The van der Waals surface area contributed by atoms with Gasteiger partial charge in [0.1, 0.15) is 12.2 Å². The van der Waals surface area contributed by atoms with Crippen LogP contribution in [-0.4, -0.2) is 16.7 Å². The largest absolute Gasteiger partial charge is 0.481 e. The molecule has 0 atom stereocenters. The zero-order chi connectivity index (χ0) is 24.4. The van der Waals surface area contributed by atoms with Crippen molar-refractivity contribution in [3.8, 4) is 5.75 Å². The van der Waals surface area contributed by atoms with E-state index in [2.05, 4.69) is 21.4 Å². The molecule has 1 saturated heterocycles. The summed E-state index contributed by atoms with van der Waals surface area (Å²) in [6, 6.07) is 16.1. The Morgan fingerprint density at radius 3 is 2.50 bits per heavy atom. The molecule has 0 aliphatic carbocycles. The third kappa shape index (κ3) is 4.91. The first-order valence-corrected chi connectivity index (χ1v) is 11.3. The summed E-state index contributed by atoms with van der Waals surface area (Å²) >= 11 is 15.4. The lowest BCUT2D eigenvalue weighted by Gasteiger charge is -2.14. The van der Waals surface area contributed by atoms with Crippen molar-refractivity contribution in [3.63, 3.8) is 0 Å². The number of hydrogen-bond donors (Lipinski definition) is 1. The maximum atomic E-state index is 12.9. The Balaban J connectivity index is 1.74. The lowest BCUT2D eigenvalue weighted by atomic mass is 10.1. The second kappa shape index (κ2) is 9.84. The van der Waals surface area contributed by atoms with Crippen molar-refractivity contribution in [2.24, 2.45) is 0 Å². The van der Waals surface area contributed by atoms with Gasteiger partial charge in [0.05, 0.1) is 10.6 Å². The molecule has 3 aromatic carbocycles. The molecule has 1 heterocycles. The van der Waals surface area contributed by atoms with E-state index >= 15 is 0 Å². The van der Waals surface area contributed by atoms with E-state index in [1.54, 1.807) is 42.5 Å². The average molecular weight is 563 g/mol. The van der Waals surface area contributed by atoms with Crippen molar-refractivity contribution >= 4 is 68.4 Å². The van der Waals surface area contributed by atoms with E-state index in [0.717, 1.165) is 5.01 Å². The van der Waals surface area contributed by atoms with E-state index < -0.39 is 16.7 Å². The van der Waals surface area contributed by atoms with Crippen molar-refractivity contribution in [1.29, 1.82) is 0 Å². The Morgan fingerprint density at radius 2 is 1.82 bits per heavy atom. The van der Waals surface area contributed by atoms with E-state index in [9.17, 15) is 19.7 Å². The lowest BCUT2D eigenvalue weighted by Crippen LogP contribution is -2.35. The topological polar surface area (TPSA) is 102 Å². The summed E-state index contributed by atoms with van der Waals surface area (Å²) in [6.07, 6.45) is 1.26. The highest BCUT2D eigenvalue weighted by Crippen LogP contribution is 2.37. The monoisotopic (exact) mass is 561 g/mol. The van der Waals surface area contributed by atoms with Gasteiger partial charge in [0.2, 0.25) is 5.75 Å². The Kier molecular flexibility index (Phi) is 6.87. The predicted molar refractivity (Wildman–Crippen MR) is 132 cm³/mol. The van der Waals surface area contributed by atoms with Gasteiger partial charge < -0.3 is 4.74 Å². The average Bonchev–Trinajstić information content (AvgIpc) is 3.08. The number of rotatable bonds is 6. The summed E-state index contributed by atoms with van der Waals surface area (Å²) in [4.78, 5) is 36.7. The van der Waals surface area contributed by atoms with Crippen LogP contribution >= 0.6 is 39.1 Å². The van der Waals surface area contributed by atoms with Gasteiger partial charge in [0.25, 0.3) is 11.8 Å². The number of carbonyl (C=O) groups excluding carboxylic acids is 2. The fourth-order valence-electron chi connectivity index (χ4n) is 3.26. The summed E-state index contributed by atoms with van der Waals surface area (Å²) in [5, 5.41) is 13.6. The molecule has 0 bridgehead atoms. The predicted octanol–water partition coefficient (Wildman–Crippen LogP) is 5.70. The molecule has 0 aromatic heterocycles. The molecule has 172 valence electrons. The summed E-state index contributed by atoms with van der Waals surface area (Å²) < 4.78 is 6.16. The number of carbonyl (C=O) groups is 2. The molecule has 1 N–H and O–H groups in total. The highest BCUT2D eigenvalue weighted by molar-refractivity contribution is 9.10. The summed E-state index contributed by atoms with van der Waals surface area (Å²) in [5.41, 5.74) is 3.12. The molecular weight excluding hydrogens is 549 g/mol. The zero-order valence-electron chi connectivity index (χ0n) is 17.1. The Labute approximate surface area is 212 Å². The Hall–Kier alpha value is -3.40. The van der Waals surface area contributed by atoms with Crippen LogP contribution in [0.2, 0.25) is 10.0 Å². The van der Waals surface area contributed by atoms with Crippen LogP contribution in [0.5, 0.6) is 5.75 Å². The van der Waals surface area contributed by atoms with E-state index in [0.29, 0.717) is 25.8 Å². The molecule has 1 aliphatic rings. The van der Waals surface area contributed by atoms with Crippen molar-refractivity contribution < 1.29 is 19.2 Å². The SMILES string of the molecule is O=C1NN(c2ccccc2)C(=O)/C1=C\c1cc(Br)cc([N+](=O)[O-])c1OCc1ccc(Cl)cc1Cl. The van der Waals surface area contributed by atoms with E-state index in [1.807, 2.05) is 0 Å². The third-order valence-electron chi connectivity index (χ3n) is 4.85. The van der Waals surface area contributed by atoms with Gasteiger partial charge >= 0.3 is 5.69 Å². The summed E-state index contributed by atoms with van der Waals surface area (Å²) in [7, 11) is 0. The van der Waals surface area contributed by atoms with Crippen LogP contribution in [-0.2, 0) is 16.2 Å². The van der Waals surface area contributed by atoms with Gasteiger partial charge in [0.15, 0.2) is 0 Å². The molecule has 3 aromatic rings. The molecule has 2 amide bonds. The summed E-state index contributed by atoms with van der Waals surface area (Å²) in [6.45, 7) is -0.106. The van der Waals surface area contributed by atoms with Crippen LogP contribution in [0.25, 0.3) is 6.08 Å². The van der Waals surface area contributed by atoms with Crippen LogP contribution in [0.4, 0.5) is 11.4 Å². The second-order valence-corrected chi connectivity index (χ2v) is 8.86. The highest BCUT2D eigenvalue weighted by Gasteiger charge is 2.35. The third-order valence-corrected chi connectivity index (χ3v) is 5.90. The van der Waals surface area contributed by atoms with Crippen molar-refractivity contribution in [2.75, 3.05) is 5.01 Å². The fourth-order valence-corrected chi connectivity index (χ4v) is 4.19. The molecule has 4 rings (SSSR count). The van der Waals surface area contributed by atoms with E-state index in [1.165, 1.54) is 24.3 Å². The number of benzene rings is 3. The molecule has 0 spiro atoms. The van der Waals surface area contributed by atoms with Crippen LogP contribution in [0, 0.1) is 10.1 Å². The molecule has 34 heavy (non-hydrogen) atoms. The van der Waals surface area contributed by atoms with Crippen molar-refractivity contribution in [1.82, 2.24) is 5.43 Å². The number of hydrogen-bond acceptors (Lipinski definition) is 5. The number of ether oxygens (including phenoxy) is 1. The number of hydrazine groups is 1. The quantitative estimate of drug-likeness (QED) is 0.179. The van der Waals surface area contributed by atoms with Crippen molar-refractivity contribution in [2.45, 2.75) is 6.61 Å². The number of para-hydroxylation sites is 1. The molecular formula is C23H14BrCl2N3O5. The number of nitro groups is 1. The Morgan fingerprint density at radius 1 is 1.09 bits per heavy atom. The smallest absolute Gasteiger partial charge is 0.312 e. The zero-order valence-corrected chi connectivity index (χ0v) is 20.2. The molecule has 0 saturated carbocycles. The fraction of sp³-hybridized carbons (Fsp3) is 0.0435. The molecule has 0 unspecified atom stereocenters. The summed E-state index contributed by atoms with van der Waals surface area (Å²) in [5.74, 6) is -1.38. The van der Waals surface area contributed by atoms with Gasteiger partial charge in [-0.2, -0.15) is 0 Å². The number of halogens is 3. The minimum Gasteiger partial charge on any atom is -0.481 e. The minimum absolute atomic E-state index is 0.106. The number of amides is 2. The van der Waals surface area contributed by atoms with E-state index in [4.69, 9.17) is 27.9 Å². The second-order valence-electron chi connectivity index (χ2n) is 7.10. The van der Waals surface area contributed by atoms with E-state index in [-0.39, 0.29) is 29.2 Å². The van der Waals surface area contributed by atoms with Gasteiger partial charge in [-0.15, -0.1) is 0 Å². The molecule has 0 radical (unpaired) electrons. The first-order valence-electron chi connectivity index (χ1n) is 9.71. The maximum absolute atomic E-state index is 12.9. The maximum Gasteiger partial charge on any atom is 0.312 e. The number of nitro benzene ring substituents is 1. The van der Waals surface area contributed by atoms with Crippen LogP contribution in [0.1, 0.15) is 11.1 Å². The van der Waals surface area contributed by atoms with Gasteiger partial charge in [-0.3, -0.25) is 25.1 Å². The van der Waals surface area contributed by atoms with Gasteiger partial charge in [-0.05, 0) is 36.4 Å². The van der Waals surface area contributed by atoms with Crippen LogP contribution < -0.4 is 15.2 Å². The van der Waals surface area contributed by atoms with Gasteiger partial charge in [-0.25, -0.2) is 5.01 Å². The first-order chi connectivity index (χ1) is 16.2.